The molecular formula is C17H22N2O. The molecule has 1 heterocycles. The zero-order valence-electron chi connectivity index (χ0n) is 12.3. The third-order valence-corrected chi connectivity index (χ3v) is 4.08. The Labute approximate surface area is 121 Å². The quantitative estimate of drug-likeness (QED) is 0.847. The third-order valence-electron chi connectivity index (χ3n) is 4.08. The first-order valence-corrected chi connectivity index (χ1v) is 7.27. The number of carbonyl (C=O) groups excluding carboxylic acids is 1. The third kappa shape index (κ3) is 3.39. The lowest BCUT2D eigenvalue weighted by atomic mass is 9.88. The summed E-state index contributed by atoms with van der Waals surface area (Å²) in [6.45, 7) is 4.96. The van der Waals surface area contributed by atoms with E-state index in [1.165, 1.54) is 5.56 Å². The number of nitriles is 1. The van der Waals surface area contributed by atoms with Crippen LogP contribution in [-0.4, -0.2) is 23.9 Å². The van der Waals surface area contributed by atoms with Crippen molar-refractivity contribution in [3.05, 3.63) is 35.9 Å². The van der Waals surface area contributed by atoms with E-state index in [-0.39, 0.29) is 5.91 Å². The molecule has 3 nitrogen and oxygen atoms in total. The van der Waals surface area contributed by atoms with Gasteiger partial charge in [0.05, 0.1) is 6.07 Å². The average Bonchev–Trinajstić information content (AvgIpc) is 2.48. The summed E-state index contributed by atoms with van der Waals surface area (Å²) >= 11 is 0. The number of benzene rings is 1. The summed E-state index contributed by atoms with van der Waals surface area (Å²) in [5.41, 5.74) is 0.473. The van der Waals surface area contributed by atoms with Crippen molar-refractivity contribution in [2.75, 3.05) is 13.1 Å². The molecule has 20 heavy (non-hydrogen) atoms. The summed E-state index contributed by atoms with van der Waals surface area (Å²) in [6, 6.07) is 12.6. The molecule has 0 N–H and O–H groups in total. The number of hydrogen-bond acceptors (Lipinski definition) is 2. The first-order chi connectivity index (χ1) is 9.53. The molecule has 1 saturated heterocycles. The minimum absolute atomic E-state index is 0.0295. The maximum Gasteiger partial charge on any atom is 0.242 e. The van der Waals surface area contributed by atoms with E-state index in [0.29, 0.717) is 5.92 Å². The fraction of sp³-hybridized carbons (Fsp3) is 0.529. The highest BCUT2D eigenvalue weighted by atomic mass is 16.2. The van der Waals surface area contributed by atoms with Gasteiger partial charge in [-0.2, -0.15) is 5.26 Å². The van der Waals surface area contributed by atoms with Gasteiger partial charge in [-0.3, -0.25) is 4.79 Å². The van der Waals surface area contributed by atoms with E-state index in [2.05, 4.69) is 30.3 Å². The van der Waals surface area contributed by atoms with Crippen molar-refractivity contribution in [3.63, 3.8) is 0 Å². The maximum atomic E-state index is 12.2. The lowest BCUT2D eigenvalue weighted by Gasteiger charge is -2.34. The number of amides is 1. The molecule has 1 aliphatic rings. The fourth-order valence-electron chi connectivity index (χ4n) is 2.73. The van der Waals surface area contributed by atoms with Gasteiger partial charge in [0, 0.05) is 13.1 Å². The number of nitrogens with zero attached hydrogens (tertiary/aromatic N) is 2. The molecule has 0 unspecified atom stereocenters. The zero-order chi connectivity index (χ0) is 14.6. The van der Waals surface area contributed by atoms with Crippen molar-refractivity contribution < 1.29 is 4.79 Å². The predicted octanol–water partition coefficient (Wildman–Crippen LogP) is 3.02. The van der Waals surface area contributed by atoms with Gasteiger partial charge in [0.15, 0.2) is 0 Å². The van der Waals surface area contributed by atoms with E-state index >= 15 is 0 Å². The Kier molecular flexibility index (Phi) is 4.44. The molecule has 1 fully saturated rings. The van der Waals surface area contributed by atoms with Gasteiger partial charge in [-0.1, -0.05) is 30.3 Å². The van der Waals surface area contributed by atoms with Crippen LogP contribution in [0.1, 0.15) is 32.3 Å². The monoisotopic (exact) mass is 270 g/mol. The Hall–Kier alpha value is -1.82. The Morgan fingerprint density at radius 1 is 1.30 bits per heavy atom. The van der Waals surface area contributed by atoms with Crippen LogP contribution in [0.4, 0.5) is 0 Å². The van der Waals surface area contributed by atoms with Gasteiger partial charge in [-0.15, -0.1) is 0 Å². The van der Waals surface area contributed by atoms with Gasteiger partial charge in [-0.05, 0) is 44.6 Å². The van der Waals surface area contributed by atoms with Gasteiger partial charge >= 0.3 is 0 Å². The van der Waals surface area contributed by atoms with E-state index in [0.717, 1.165) is 32.4 Å². The number of piperidine rings is 1. The van der Waals surface area contributed by atoms with Gasteiger partial charge in [0.2, 0.25) is 5.91 Å². The van der Waals surface area contributed by atoms with E-state index in [1.807, 2.05) is 11.0 Å². The van der Waals surface area contributed by atoms with Gasteiger partial charge in [-0.25, -0.2) is 0 Å². The largest absolute Gasteiger partial charge is 0.341 e. The molecule has 3 heteroatoms. The van der Waals surface area contributed by atoms with E-state index in [4.69, 9.17) is 5.26 Å². The lowest BCUT2D eigenvalue weighted by Crippen LogP contribution is -2.44. The van der Waals surface area contributed by atoms with Gasteiger partial charge in [0.1, 0.15) is 5.41 Å². The predicted molar refractivity (Wildman–Crippen MR) is 78.8 cm³/mol. The molecule has 1 aromatic carbocycles. The van der Waals surface area contributed by atoms with E-state index in [1.54, 1.807) is 13.8 Å². The molecule has 0 radical (unpaired) electrons. The zero-order valence-corrected chi connectivity index (χ0v) is 12.3. The first-order valence-electron chi connectivity index (χ1n) is 7.27. The minimum atomic E-state index is -0.897. The van der Waals surface area contributed by atoms with Crippen LogP contribution >= 0.6 is 0 Å². The highest BCUT2D eigenvalue weighted by Gasteiger charge is 2.33. The Morgan fingerprint density at radius 3 is 2.45 bits per heavy atom. The van der Waals surface area contributed by atoms with Crippen molar-refractivity contribution in [1.29, 1.82) is 5.26 Å². The molecule has 106 valence electrons. The van der Waals surface area contributed by atoms with Crippen molar-refractivity contribution >= 4 is 5.91 Å². The second-order valence-electron chi connectivity index (χ2n) is 6.16. The molecule has 0 aromatic heterocycles. The smallest absolute Gasteiger partial charge is 0.242 e. The van der Waals surface area contributed by atoms with Crippen LogP contribution in [-0.2, 0) is 11.2 Å². The van der Waals surface area contributed by atoms with E-state index < -0.39 is 5.41 Å². The topological polar surface area (TPSA) is 44.1 Å². The number of rotatable bonds is 3. The Balaban J connectivity index is 1.87. The molecule has 0 aliphatic carbocycles. The SMILES string of the molecule is CC(C)(C#N)C(=O)N1CCC(Cc2ccccc2)CC1. The number of likely N-dealkylation sites (tertiary alicyclic amines) is 1. The molecule has 1 aliphatic heterocycles. The molecule has 2 rings (SSSR count). The van der Waals surface area contributed by atoms with Crippen LogP contribution in [0.25, 0.3) is 0 Å². The average molecular weight is 270 g/mol. The Morgan fingerprint density at radius 2 is 1.90 bits per heavy atom. The highest BCUT2D eigenvalue weighted by Crippen LogP contribution is 2.25. The molecule has 0 bridgehead atoms. The van der Waals surface area contributed by atoms with Gasteiger partial charge < -0.3 is 4.90 Å². The second-order valence-corrected chi connectivity index (χ2v) is 6.16. The molecule has 0 saturated carbocycles. The summed E-state index contributed by atoms with van der Waals surface area (Å²) in [5, 5.41) is 9.04. The second kappa shape index (κ2) is 6.09. The van der Waals surface area contributed by atoms with Crippen molar-refractivity contribution in [3.8, 4) is 6.07 Å². The minimum Gasteiger partial charge on any atom is -0.341 e. The lowest BCUT2D eigenvalue weighted by molar-refractivity contribution is -0.139. The van der Waals surface area contributed by atoms with Crippen molar-refractivity contribution in [2.24, 2.45) is 11.3 Å². The summed E-state index contributed by atoms with van der Waals surface area (Å²) < 4.78 is 0. The van der Waals surface area contributed by atoms with E-state index in [9.17, 15) is 4.79 Å². The van der Waals surface area contributed by atoms with Crippen molar-refractivity contribution in [2.45, 2.75) is 33.1 Å². The maximum absolute atomic E-state index is 12.2. The molecule has 1 aromatic rings. The molecule has 0 atom stereocenters. The van der Waals surface area contributed by atoms with Crippen LogP contribution in [0.3, 0.4) is 0 Å². The summed E-state index contributed by atoms with van der Waals surface area (Å²) in [4.78, 5) is 14.1. The first kappa shape index (κ1) is 14.6. The standard InChI is InChI=1S/C17H22N2O/c1-17(2,13-18)16(20)19-10-8-15(9-11-19)12-14-6-4-3-5-7-14/h3-7,15H,8-12H2,1-2H3. The normalized spacial score (nSPS) is 16.8. The summed E-state index contributed by atoms with van der Waals surface area (Å²) in [5.74, 6) is 0.616. The Bertz CT molecular complexity index is 493. The highest BCUT2D eigenvalue weighted by molar-refractivity contribution is 5.84. The number of hydrogen-bond donors (Lipinski definition) is 0. The molecule has 1 amide bonds. The van der Waals surface area contributed by atoms with Crippen LogP contribution in [0.2, 0.25) is 0 Å². The van der Waals surface area contributed by atoms with Crippen molar-refractivity contribution in [1.82, 2.24) is 4.90 Å². The van der Waals surface area contributed by atoms with Crippen LogP contribution in [0.15, 0.2) is 30.3 Å². The molecular weight excluding hydrogens is 248 g/mol. The number of carbonyl (C=O) groups is 1. The van der Waals surface area contributed by atoms with Gasteiger partial charge in [0.25, 0.3) is 0 Å². The van der Waals surface area contributed by atoms with Crippen LogP contribution in [0, 0.1) is 22.7 Å². The fourth-order valence-corrected chi connectivity index (χ4v) is 2.73. The summed E-state index contributed by atoms with van der Waals surface area (Å²) in [7, 11) is 0. The van der Waals surface area contributed by atoms with Crippen LogP contribution < -0.4 is 0 Å². The molecule has 0 spiro atoms. The van der Waals surface area contributed by atoms with Crippen LogP contribution in [0.5, 0.6) is 0 Å². The summed E-state index contributed by atoms with van der Waals surface area (Å²) in [6.07, 6.45) is 3.15.